The monoisotopic (exact) mass is 393 g/mol. The van der Waals surface area contributed by atoms with E-state index in [1.54, 1.807) is 12.4 Å². The fourth-order valence-corrected chi connectivity index (χ4v) is 3.26. The van der Waals surface area contributed by atoms with Gasteiger partial charge in [0.25, 0.3) is 0 Å². The third-order valence-corrected chi connectivity index (χ3v) is 5.26. The van der Waals surface area contributed by atoms with Gasteiger partial charge in [-0.25, -0.2) is 4.79 Å². The first-order valence-electron chi connectivity index (χ1n) is 7.44. The maximum absolute atomic E-state index is 12.3. The van der Waals surface area contributed by atoms with Gasteiger partial charge >= 0.3 is 6.03 Å². The number of carbonyl (C=O) groups excluding carboxylic acids is 1. The van der Waals surface area contributed by atoms with Crippen LogP contribution in [0.1, 0.15) is 11.1 Å². The number of halogens is 2. The quantitative estimate of drug-likeness (QED) is 0.832. The van der Waals surface area contributed by atoms with Gasteiger partial charge in [-0.3, -0.25) is 4.98 Å². The van der Waals surface area contributed by atoms with Gasteiger partial charge in [0.15, 0.2) is 0 Å². The zero-order chi connectivity index (χ0) is 16.4. The third kappa shape index (κ3) is 3.67. The summed E-state index contributed by atoms with van der Waals surface area (Å²) >= 11 is 9.59. The highest BCUT2D eigenvalue weighted by Gasteiger charge is 2.31. The second-order valence-electron chi connectivity index (χ2n) is 5.79. The summed E-state index contributed by atoms with van der Waals surface area (Å²) in [6.45, 7) is 3.39. The number of hydrogen-bond acceptors (Lipinski definition) is 2. The minimum absolute atomic E-state index is 0.0967. The zero-order valence-corrected chi connectivity index (χ0v) is 15.1. The molecule has 120 valence electrons. The maximum atomic E-state index is 12.3. The van der Waals surface area contributed by atoms with Gasteiger partial charge < -0.3 is 10.2 Å². The van der Waals surface area contributed by atoms with Crippen LogP contribution >= 0.6 is 27.5 Å². The number of urea groups is 1. The molecule has 0 aliphatic carbocycles. The molecule has 1 N–H and O–H groups in total. The number of carbonyl (C=O) groups is 1. The molecule has 1 aliphatic rings. The predicted molar refractivity (Wildman–Crippen MR) is 95.9 cm³/mol. The van der Waals surface area contributed by atoms with Crippen LogP contribution in [0.25, 0.3) is 0 Å². The van der Waals surface area contributed by atoms with Crippen molar-refractivity contribution in [2.45, 2.75) is 13.3 Å². The molecule has 23 heavy (non-hydrogen) atoms. The number of anilines is 1. The van der Waals surface area contributed by atoms with Crippen molar-refractivity contribution in [1.29, 1.82) is 0 Å². The van der Waals surface area contributed by atoms with E-state index >= 15 is 0 Å². The fourth-order valence-electron chi connectivity index (χ4n) is 2.66. The second kappa shape index (κ2) is 6.89. The third-order valence-electron chi connectivity index (χ3n) is 4.11. The van der Waals surface area contributed by atoms with E-state index in [0.717, 1.165) is 29.5 Å². The van der Waals surface area contributed by atoms with Gasteiger partial charge in [0.2, 0.25) is 0 Å². The molecule has 3 rings (SSSR count). The van der Waals surface area contributed by atoms with Crippen molar-refractivity contribution in [3.8, 4) is 0 Å². The lowest BCUT2D eigenvalue weighted by Crippen LogP contribution is -2.52. The van der Waals surface area contributed by atoms with E-state index in [1.807, 2.05) is 30.0 Å². The number of nitrogens with zero attached hydrogens (tertiary/aromatic N) is 2. The number of aromatic nitrogens is 1. The Morgan fingerprint density at radius 3 is 2.87 bits per heavy atom. The summed E-state index contributed by atoms with van der Waals surface area (Å²) < 4.78 is 1.13. The molecule has 0 radical (unpaired) electrons. The van der Waals surface area contributed by atoms with Crippen LogP contribution in [0.5, 0.6) is 0 Å². The number of amides is 2. The van der Waals surface area contributed by atoms with Crippen molar-refractivity contribution in [3.63, 3.8) is 0 Å². The molecule has 4 nitrogen and oxygen atoms in total. The molecular formula is C17H17BrClN3O. The van der Waals surface area contributed by atoms with Crippen LogP contribution in [0.15, 0.2) is 41.1 Å². The summed E-state index contributed by atoms with van der Waals surface area (Å²) in [5, 5.41) is 3.43. The molecular weight excluding hydrogens is 378 g/mol. The molecule has 1 aromatic carbocycles. The Kier molecular flexibility index (Phi) is 4.87. The molecule has 1 aliphatic heterocycles. The van der Waals surface area contributed by atoms with E-state index in [9.17, 15) is 4.79 Å². The second-order valence-corrected chi connectivity index (χ2v) is 7.05. The van der Waals surface area contributed by atoms with Gasteiger partial charge in [0, 0.05) is 23.8 Å². The molecule has 0 bridgehead atoms. The van der Waals surface area contributed by atoms with E-state index in [1.165, 1.54) is 5.56 Å². The van der Waals surface area contributed by atoms with Gasteiger partial charge in [-0.1, -0.05) is 45.7 Å². The average molecular weight is 395 g/mol. The highest BCUT2D eigenvalue weighted by Crippen LogP contribution is 2.26. The van der Waals surface area contributed by atoms with Crippen LogP contribution in [0.2, 0.25) is 5.02 Å². The van der Waals surface area contributed by atoms with Crippen LogP contribution in [0.3, 0.4) is 0 Å². The van der Waals surface area contributed by atoms with Gasteiger partial charge in [0.1, 0.15) is 0 Å². The summed E-state index contributed by atoms with van der Waals surface area (Å²) in [5.41, 5.74) is 2.78. The summed E-state index contributed by atoms with van der Waals surface area (Å²) in [4.78, 5) is 18.1. The Hall–Kier alpha value is -1.59. The first-order chi connectivity index (χ1) is 11.0. The van der Waals surface area contributed by atoms with Crippen LogP contribution in [0.4, 0.5) is 10.5 Å². The fraction of sp³-hybridized carbons (Fsp3) is 0.294. The summed E-state index contributed by atoms with van der Waals surface area (Å²) in [6, 6.07) is 8.12. The molecule has 6 heteroatoms. The van der Waals surface area contributed by atoms with E-state index in [2.05, 4.69) is 32.3 Å². The molecule has 1 fully saturated rings. The molecule has 2 aromatic rings. The largest absolute Gasteiger partial charge is 0.324 e. The number of pyridine rings is 1. The van der Waals surface area contributed by atoms with Crippen molar-refractivity contribution in [2.75, 3.05) is 18.4 Å². The van der Waals surface area contributed by atoms with E-state index < -0.39 is 0 Å². The molecule has 1 aromatic heterocycles. The standard InChI is InChI=1S/C17H17BrClN3O/c1-11-15(19)7-20-8-16(11)21-17(23)22-9-12(10-22)6-13-4-2-3-5-14(13)18/h2-5,7-8,12H,6,9-10H2,1H3,(H,21,23). The number of hydrogen-bond donors (Lipinski definition) is 1. The van der Waals surface area contributed by atoms with Crippen molar-refractivity contribution in [3.05, 3.63) is 57.3 Å². The lowest BCUT2D eigenvalue weighted by molar-refractivity contribution is 0.131. The Balaban J connectivity index is 1.54. The smallest absolute Gasteiger partial charge is 0.321 e. The van der Waals surface area contributed by atoms with E-state index in [0.29, 0.717) is 16.6 Å². The van der Waals surface area contributed by atoms with Crippen molar-refractivity contribution >= 4 is 39.2 Å². The molecule has 0 saturated carbocycles. The highest BCUT2D eigenvalue weighted by atomic mass is 79.9. The van der Waals surface area contributed by atoms with Crippen molar-refractivity contribution in [1.82, 2.24) is 9.88 Å². The Bertz CT molecular complexity index is 732. The van der Waals surface area contributed by atoms with Gasteiger partial charge in [0.05, 0.1) is 16.9 Å². The first kappa shape index (κ1) is 16.3. The SMILES string of the molecule is Cc1c(Cl)cncc1NC(=O)N1CC(Cc2ccccc2Br)C1. The Labute approximate surface area is 149 Å². The van der Waals surface area contributed by atoms with Gasteiger partial charge in [-0.2, -0.15) is 0 Å². The molecule has 2 heterocycles. The number of rotatable bonds is 3. The predicted octanol–water partition coefficient (Wildman–Crippen LogP) is 4.51. The van der Waals surface area contributed by atoms with Crippen LogP contribution in [0, 0.1) is 12.8 Å². The highest BCUT2D eigenvalue weighted by molar-refractivity contribution is 9.10. The molecule has 0 atom stereocenters. The zero-order valence-electron chi connectivity index (χ0n) is 12.7. The van der Waals surface area contributed by atoms with Crippen molar-refractivity contribution in [2.24, 2.45) is 5.92 Å². The number of benzene rings is 1. The summed E-state index contributed by atoms with van der Waals surface area (Å²) in [6.07, 6.45) is 4.17. The van der Waals surface area contributed by atoms with Crippen LogP contribution < -0.4 is 5.32 Å². The lowest BCUT2D eigenvalue weighted by atomic mass is 9.92. The minimum Gasteiger partial charge on any atom is -0.324 e. The normalized spacial score (nSPS) is 14.5. The molecule has 1 saturated heterocycles. The molecule has 0 unspecified atom stereocenters. The van der Waals surface area contributed by atoms with Crippen LogP contribution in [-0.4, -0.2) is 29.0 Å². The Morgan fingerprint density at radius 2 is 2.13 bits per heavy atom. The molecule has 0 spiro atoms. The topological polar surface area (TPSA) is 45.2 Å². The van der Waals surface area contributed by atoms with E-state index in [-0.39, 0.29) is 6.03 Å². The van der Waals surface area contributed by atoms with Gasteiger partial charge in [-0.05, 0) is 36.5 Å². The van der Waals surface area contributed by atoms with E-state index in [4.69, 9.17) is 11.6 Å². The number of nitrogens with one attached hydrogen (secondary N) is 1. The average Bonchev–Trinajstić information content (AvgIpc) is 2.49. The first-order valence-corrected chi connectivity index (χ1v) is 8.61. The van der Waals surface area contributed by atoms with Crippen molar-refractivity contribution < 1.29 is 4.79 Å². The lowest BCUT2D eigenvalue weighted by Gasteiger charge is -2.39. The van der Waals surface area contributed by atoms with Gasteiger partial charge in [-0.15, -0.1) is 0 Å². The maximum Gasteiger partial charge on any atom is 0.321 e. The summed E-state index contributed by atoms with van der Waals surface area (Å²) in [5.74, 6) is 0.498. The minimum atomic E-state index is -0.0967. The number of likely N-dealkylation sites (tertiary alicyclic amines) is 1. The Morgan fingerprint density at radius 1 is 1.39 bits per heavy atom. The molecule has 2 amide bonds. The summed E-state index contributed by atoms with van der Waals surface area (Å²) in [7, 11) is 0. The van der Waals surface area contributed by atoms with Crippen LogP contribution in [-0.2, 0) is 6.42 Å².